The molecule has 2 heterocycles. The summed E-state index contributed by atoms with van der Waals surface area (Å²) in [6.45, 7) is 9.11. The highest BCUT2D eigenvalue weighted by molar-refractivity contribution is 7.12. The molecule has 0 aliphatic rings. The van der Waals surface area contributed by atoms with Gasteiger partial charge in [-0.2, -0.15) is 5.10 Å². The van der Waals surface area contributed by atoms with E-state index in [1.165, 1.54) is 29.7 Å². The molecule has 23 heavy (non-hydrogen) atoms. The van der Waals surface area contributed by atoms with Crippen LogP contribution in [0.15, 0.2) is 5.38 Å². The number of thiazole rings is 1. The number of hydrogen-bond acceptors (Lipinski definition) is 4. The van der Waals surface area contributed by atoms with Crippen molar-refractivity contribution in [3.05, 3.63) is 28.0 Å². The van der Waals surface area contributed by atoms with Gasteiger partial charge in [0, 0.05) is 17.6 Å². The predicted molar refractivity (Wildman–Crippen MR) is 94.3 cm³/mol. The smallest absolute Gasteiger partial charge is 0.226 e. The Balaban J connectivity index is 2.12. The number of aromatic nitrogens is 3. The summed E-state index contributed by atoms with van der Waals surface area (Å²) < 4.78 is 1.92. The van der Waals surface area contributed by atoms with Gasteiger partial charge >= 0.3 is 0 Å². The number of aryl methyl sites for hydroxylation is 1. The Morgan fingerprint density at radius 1 is 1.30 bits per heavy atom. The van der Waals surface area contributed by atoms with Gasteiger partial charge in [0.15, 0.2) is 0 Å². The molecule has 0 saturated carbocycles. The average molecular weight is 334 g/mol. The minimum atomic E-state index is 0.0284. The third-order valence-electron chi connectivity index (χ3n) is 3.86. The Kier molecular flexibility index (Phi) is 6.33. The van der Waals surface area contributed by atoms with Crippen molar-refractivity contribution in [2.45, 2.75) is 59.8 Å². The van der Waals surface area contributed by atoms with E-state index in [4.69, 9.17) is 0 Å². The molecule has 6 heteroatoms. The maximum atomic E-state index is 11.8. The first-order chi connectivity index (χ1) is 11.1. The Morgan fingerprint density at radius 3 is 2.78 bits per heavy atom. The molecule has 0 aromatic carbocycles. The quantitative estimate of drug-likeness (QED) is 0.805. The third-order valence-corrected chi connectivity index (χ3v) is 4.72. The molecule has 126 valence electrons. The van der Waals surface area contributed by atoms with Crippen LogP contribution in [0, 0.1) is 13.8 Å². The van der Waals surface area contributed by atoms with Crippen molar-refractivity contribution in [1.82, 2.24) is 20.1 Å². The maximum absolute atomic E-state index is 11.8. The second-order valence-corrected chi connectivity index (χ2v) is 6.65. The molecule has 0 spiro atoms. The molecular formula is C17H26N4OS. The molecule has 1 N–H and O–H groups in total. The first-order valence-electron chi connectivity index (χ1n) is 8.33. The molecule has 2 aromatic rings. The highest BCUT2D eigenvalue weighted by atomic mass is 32.1. The van der Waals surface area contributed by atoms with Crippen LogP contribution in [0.25, 0.3) is 5.13 Å². The molecule has 0 unspecified atom stereocenters. The van der Waals surface area contributed by atoms with Gasteiger partial charge < -0.3 is 5.32 Å². The number of nitrogens with zero attached hydrogens (tertiary/aromatic N) is 3. The van der Waals surface area contributed by atoms with E-state index in [0.717, 1.165) is 35.1 Å². The molecule has 0 fully saturated rings. The topological polar surface area (TPSA) is 59.8 Å². The van der Waals surface area contributed by atoms with Crippen molar-refractivity contribution in [1.29, 1.82) is 0 Å². The fourth-order valence-corrected chi connectivity index (χ4v) is 3.37. The van der Waals surface area contributed by atoms with Gasteiger partial charge in [-0.25, -0.2) is 9.67 Å². The monoisotopic (exact) mass is 334 g/mol. The third kappa shape index (κ3) is 4.41. The van der Waals surface area contributed by atoms with Gasteiger partial charge in [-0.05, 0) is 38.7 Å². The van der Waals surface area contributed by atoms with Crippen LogP contribution in [-0.4, -0.2) is 27.2 Å². The van der Waals surface area contributed by atoms with Crippen LogP contribution in [0.3, 0.4) is 0 Å². The highest BCUT2D eigenvalue weighted by Crippen LogP contribution is 2.22. The molecule has 2 aromatic heterocycles. The number of amides is 1. The molecular weight excluding hydrogens is 308 g/mol. The van der Waals surface area contributed by atoms with E-state index in [1.54, 1.807) is 0 Å². The summed E-state index contributed by atoms with van der Waals surface area (Å²) in [5, 5.41) is 10.3. The zero-order valence-corrected chi connectivity index (χ0v) is 15.3. The average Bonchev–Trinajstić information content (AvgIpc) is 3.08. The SMILES string of the molecule is CCCCc1c(C)nn(-c2nc(CC(=O)NCCC)cs2)c1C. The van der Waals surface area contributed by atoms with Crippen LogP contribution < -0.4 is 5.32 Å². The molecule has 0 aliphatic carbocycles. The largest absolute Gasteiger partial charge is 0.356 e. The number of unbranched alkanes of at least 4 members (excludes halogenated alkanes) is 1. The summed E-state index contributed by atoms with van der Waals surface area (Å²) in [5.74, 6) is 0.0284. The number of nitrogens with one attached hydrogen (secondary N) is 1. The van der Waals surface area contributed by atoms with E-state index in [1.807, 2.05) is 17.0 Å². The lowest BCUT2D eigenvalue weighted by atomic mass is 10.1. The number of carbonyl (C=O) groups is 1. The minimum absolute atomic E-state index is 0.0284. The lowest BCUT2D eigenvalue weighted by Gasteiger charge is -2.02. The summed E-state index contributed by atoms with van der Waals surface area (Å²) in [6.07, 6.45) is 4.69. The summed E-state index contributed by atoms with van der Waals surface area (Å²) in [6, 6.07) is 0. The lowest BCUT2D eigenvalue weighted by Crippen LogP contribution is -2.25. The fraction of sp³-hybridized carbons (Fsp3) is 0.588. The van der Waals surface area contributed by atoms with Crippen LogP contribution >= 0.6 is 11.3 Å². The van der Waals surface area contributed by atoms with E-state index < -0.39 is 0 Å². The second-order valence-electron chi connectivity index (χ2n) is 5.81. The zero-order valence-electron chi connectivity index (χ0n) is 14.5. The van der Waals surface area contributed by atoms with E-state index in [9.17, 15) is 4.79 Å². The standard InChI is InChI=1S/C17H26N4OS/c1-5-7-8-15-12(3)20-21(13(15)4)17-19-14(11-23-17)10-16(22)18-9-6-2/h11H,5-10H2,1-4H3,(H,18,22). The van der Waals surface area contributed by atoms with Crippen LogP contribution in [0.2, 0.25) is 0 Å². The summed E-state index contributed by atoms with van der Waals surface area (Å²) >= 11 is 1.54. The van der Waals surface area contributed by atoms with E-state index in [0.29, 0.717) is 13.0 Å². The van der Waals surface area contributed by atoms with E-state index in [2.05, 4.69) is 36.2 Å². The molecule has 0 saturated heterocycles. The van der Waals surface area contributed by atoms with Gasteiger partial charge in [-0.3, -0.25) is 4.79 Å². The van der Waals surface area contributed by atoms with Crippen molar-refractivity contribution in [2.75, 3.05) is 6.54 Å². The van der Waals surface area contributed by atoms with Crippen molar-refractivity contribution in [3.8, 4) is 5.13 Å². The Labute approximate surface area is 142 Å². The molecule has 2 rings (SSSR count). The summed E-state index contributed by atoms with van der Waals surface area (Å²) in [5.41, 5.74) is 4.37. The molecule has 0 radical (unpaired) electrons. The first-order valence-corrected chi connectivity index (χ1v) is 9.21. The lowest BCUT2D eigenvalue weighted by molar-refractivity contribution is -0.120. The van der Waals surface area contributed by atoms with Crippen molar-refractivity contribution < 1.29 is 4.79 Å². The molecule has 0 atom stereocenters. The second kappa shape index (κ2) is 8.24. The van der Waals surface area contributed by atoms with Crippen LogP contribution in [0.4, 0.5) is 0 Å². The van der Waals surface area contributed by atoms with Gasteiger partial charge in [0.25, 0.3) is 0 Å². The van der Waals surface area contributed by atoms with Crippen LogP contribution in [0.1, 0.15) is 55.8 Å². The van der Waals surface area contributed by atoms with Gasteiger partial charge in [0.1, 0.15) is 0 Å². The summed E-state index contributed by atoms with van der Waals surface area (Å²) in [7, 11) is 0. The first kappa shape index (κ1) is 17.7. The number of hydrogen-bond donors (Lipinski definition) is 1. The predicted octanol–water partition coefficient (Wildman–Crippen LogP) is 3.36. The Bertz CT molecular complexity index is 660. The fourth-order valence-electron chi connectivity index (χ4n) is 2.54. The van der Waals surface area contributed by atoms with Crippen molar-refractivity contribution >= 4 is 17.2 Å². The van der Waals surface area contributed by atoms with Gasteiger partial charge in [0.2, 0.25) is 11.0 Å². The highest BCUT2D eigenvalue weighted by Gasteiger charge is 2.15. The van der Waals surface area contributed by atoms with E-state index in [-0.39, 0.29) is 5.91 Å². The molecule has 0 bridgehead atoms. The van der Waals surface area contributed by atoms with Gasteiger partial charge in [-0.1, -0.05) is 20.3 Å². The minimum Gasteiger partial charge on any atom is -0.356 e. The molecule has 0 aliphatic heterocycles. The molecule has 1 amide bonds. The number of carbonyl (C=O) groups excluding carboxylic acids is 1. The summed E-state index contributed by atoms with van der Waals surface area (Å²) in [4.78, 5) is 16.4. The van der Waals surface area contributed by atoms with E-state index >= 15 is 0 Å². The van der Waals surface area contributed by atoms with Crippen LogP contribution in [-0.2, 0) is 17.6 Å². The van der Waals surface area contributed by atoms with Gasteiger partial charge in [0.05, 0.1) is 17.8 Å². The Hall–Kier alpha value is -1.69. The van der Waals surface area contributed by atoms with Crippen molar-refractivity contribution in [2.24, 2.45) is 0 Å². The molecule has 5 nitrogen and oxygen atoms in total. The Morgan fingerprint density at radius 2 is 2.09 bits per heavy atom. The van der Waals surface area contributed by atoms with Crippen molar-refractivity contribution in [3.63, 3.8) is 0 Å². The van der Waals surface area contributed by atoms with Crippen LogP contribution in [0.5, 0.6) is 0 Å². The maximum Gasteiger partial charge on any atom is 0.226 e. The normalized spacial score (nSPS) is 11.0. The number of rotatable bonds is 8. The van der Waals surface area contributed by atoms with Gasteiger partial charge in [-0.15, -0.1) is 11.3 Å². The zero-order chi connectivity index (χ0) is 16.8.